The minimum Gasteiger partial charge on any atom is -0.383 e. The Bertz CT molecular complexity index is 383. The first-order chi connectivity index (χ1) is 8.47. The Balaban J connectivity index is 1.97. The highest BCUT2D eigenvalue weighted by Crippen LogP contribution is 2.28. The number of nitrogens with zero attached hydrogens (tertiary/aromatic N) is 2. The lowest BCUT2D eigenvalue weighted by Gasteiger charge is -2.21. The van der Waals surface area contributed by atoms with Crippen LogP contribution in [0.25, 0.3) is 0 Å². The second-order valence-electron chi connectivity index (χ2n) is 4.84. The molecule has 2 rings (SSSR count). The zero-order valence-electron chi connectivity index (χ0n) is 10.0. The summed E-state index contributed by atoms with van der Waals surface area (Å²) in [5.74, 6) is 0. The van der Waals surface area contributed by atoms with Gasteiger partial charge >= 0.3 is 6.18 Å². The average molecular weight is 262 g/mol. The molecule has 0 unspecified atom stereocenters. The minimum atomic E-state index is -4.57. The van der Waals surface area contributed by atoms with E-state index in [9.17, 15) is 13.2 Å². The van der Waals surface area contributed by atoms with Gasteiger partial charge in [-0.3, -0.25) is 4.68 Å². The van der Waals surface area contributed by atoms with Crippen molar-refractivity contribution in [3.8, 4) is 0 Å². The lowest BCUT2D eigenvalue weighted by atomic mass is 9.96. The minimum absolute atomic E-state index is 0.297. The molecular formula is C12H17F3N2O. The summed E-state index contributed by atoms with van der Waals surface area (Å²) in [7, 11) is 0. The lowest BCUT2D eigenvalue weighted by Crippen LogP contribution is -2.30. The maximum atomic E-state index is 12.2. The normalized spacial score (nSPS) is 20.0. The van der Waals surface area contributed by atoms with Crippen LogP contribution in [0.4, 0.5) is 13.2 Å². The maximum Gasteiger partial charge on any atom is 0.414 e. The van der Waals surface area contributed by atoms with Crippen LogP contribution in [0.5, 0.6) is 0 Å². The van der Waals surface area contributed by atoms with E-state index >= 15 is 0 Å². The molecule has 0 aromatic carbocycles. The van der Waals surface area contributed by atoms with Crippen LogP contribution in [0.15, 0.2) is 12.3 Å². The fraction of sp³-hybridized carbons (Fsp3) is 0.750. The molecule has 1 saturated carbocycles. The van der Waals surface area contributed by atoms with Gasteiger partial charge < -0.3 is 5.11 Å². The summed E-state index contributed by atoms with van der Waals surface area (Å²) in [5, 5.41) is 13.1. The molecule has 0 amide bonds. The van der Waals surface area contributed by atoms with Gasteiger partial charge in [0.05, 0.1) is 11.7 Å². The molecule has 0 aliphatic heterocycles. The zero-order chi connectivity index (χ0) is 13.2. The predicted octanol–water partition coefficient (Wildman–Crippen LogP) is 2.85. The lowest BCUT2D eigenvalue weighted by molar-refractivity contribution is -0.203. The Kier molecular flexibility index (Phi) is 3.94. The first-order valence-corrected chi connectivity index (χ1v) is 6.25. The molecule has 0 spiro atoms. The van der Waals surface area contributed by atoms with Gasteiger partial charge in [0.2, 0.25) is 0 Å². The van der Waals surface area contributed by atoms with E-state index in [1.165, 1.54) is 6.42 Å². The van der Waals surface area contributed by atoms with E-state index in [-0.39, 0.29) is 0 Å². The summed E-state index contributed by atoms with van der Waals surface area (Å²) >= 11 is 0. The van der Waals surface area contributed by atoms with Crippen molar-refractivity contribution in [2.45, 2.75) is 56.8 Å². The van der Waals surface area contributed by atoms with Crippen LogP contribution in [0, 0.1) is 0 Å². The fourth-order valence-electron chi connectivity index (χ4n) is 2.35. The van der Waals surface area contributed by atoms with Gasteiger partial charge in [-0.2, -0.15) is 18.3 Å². The van der Waals surface area contributed by atoms with Crippen LogP contribution in [0.2, 0.25) is 0 Å². The van der Waals surface area contributed by atoms with Gasteiger partial charge in [-0.1, -0.05) is 19.3 Å². The topological polar surface area (TPSA) is 38.0 Å². The molecular weight excluding hydrogens is 245 g/mol. The van der Waals surface area contributed by atoms with E-state index in [1.807, 2.05) is 0 Å². The predicted molar refractivity (Wildman–Crippen MR) is 60.1 cm³/mol. The Hall–Kier alpha value is -1.04. The molecule has 18 heavy (non-hydrogen) atoms. The molecule has 0 radical (unpaired) electrons. The third-order valence-electron chi connectivity index (χ3n) is 3.39. The number of halogens is 3. The molecule has 1 aliphatic carbocycles. The molecule has 102 valence electrons. The Morgan fingerprint density at radius 1 is 1.33 bits per heavy atom. The Labute approximate surface area is 104 Å². The van der Waals surface area contributed by atoms with Gasteiger partial charge in [0, 0.05) is 12.6 Å². The SMILES string of the molecule is O[C@@H](Cc1ccn(C2CCCCC2)n1)C(F)(F)F. The second-order valence-corrected chi connectivity index (χ2v) is 4.84. The molecule has 1 heterocycles. The molecule has 0 bridgehead atoms. The molecule has 1 aromatic heterocycles. The van der Waals surface area contributed by atoms with E-state index in [0.717, 1.165) is 25.7 Å². The first kappa shape index (κ1) is 13.4. The van der Waals surface area contributed by atoms with Crippen LogP contribution < -0.4 is 0 Å². The Morgan fingerprint density at radius 3 is 2.61 bits per heavy atom. The summed E-state index contributed by atoms with van der Waals surface area (Å²) in [5.41, 5.74) is 0.297. The summed E-state index contributed by atoms with van der Waals surface area (Å²) in [6.45, 7) is 0. The summed E-state index contributed by atoms with van der Waals surface area (Å²) in [6.07, 6.45) is -0.0850. The summed E-state index contributed by atoms with van der Waals surface area (Å²) in [6, 6.07) is 1.86. The summed E-state index contributed by atoms with van der Waals surface area (Å²) in [4.78, 5) is 0. The quantitative estimate of drug-likeness (QED) is 0.909. The van der Waals surface area contributed by atoms with Crippen molar-refractivity contribution in [1.82, 2.24) is 9.78 Å². The van der Waals surface area contributed by atoms with Crippen LogP contribution in [0.1, 0.15) is 43.8 Å². The van der Waals surface area contributed by atoms with Gasteiger partial charge in [0.25, 0.3) is 0 Å². The number of alkyl halides is 3. The molecule has 1 aliphatic rings. The van der Waals surface area contributed by atoms with Crippen molar-refractivity contribution < 1.29 is 18.3 Å². The molecule has 1 N–H and O–H groups in total. The van der Waals surface area contributed by atoms with Gasteiger partial charge in [-0.15, -0.1) is 0 Å². The van der Waals surface area contributed by atoms with Crippen molar-refractivity contribution in [2.75, 3.05) is 0 Å². The van der Waals surface area contributed by atoms with E-state index < -0.39 is 18.7 Å². The number of hydrogen-bond acceptors (Lipinski definition) is 2. The number of hydrogen-bond donors (Lipinski definition) is 1. The first-order valence-electron chi connectivity index (χ1n) is 6.25. The van der Waals surface area contributed by atoms with Gasteiger partial charge in [0.1, 0.15) is 0 Å². The third-order valence-corrected chi connectivity index (χ3v) is 3.39. The van der Waals surface area contributed by atoms with Crippen LogP contribution >= 0.6 is 0 Å². The number of aliphatic hydroxyl groups excluding tert-OH is 1. The van der Waals surface area contributed by atoms with Crippen LogP contribution in [0.3, 0.4) is 0 Å². The van der Waals surface area contributed by atoms with Crippen molar-refractivity contribution in [3.05, 3.63) is 18.0 Å². The van der Waals surface area contributed by atoms with E-state index in [1.54, 1.807) is 16.9 Å². The molecule has 3 nitrogen and oxygen atoms in total. The van der Waals surface area contributed by atoms with Gasteiger partial charge in [-0.25, -0.2) is 0 Å². The molecule has 1 atom stereocenters. The van der Waals surface area contributed by atoms with Gasteiger partial charge in [0.15, 0.2) is 6.10 Å². The fourth-order valence-corrected chi connectivity index (χ4v) is 2.35. The van der Waals surface area contributed by atoms with Crippen molar-refractivity contribution in [2.24, 2.45) is 0 Å². The standard InChI is InChI=1S/C12H17F3N2O/c13-12(14,15)11(18)8-9-6-7-17(16-9)10-4-2-1-3-5-10/h6-7,10-11,18H,1-5,8H2/t11-/m0/s1. The van der Waals surface area contributed by atoms with E-state index in [4.69, 9.17) is 5.11 Å². The highest BCUT2D eigenvalue weighted by molar-refractivity contribution is 5.02. The van der Waals surface area contributed by atoms with Crippen molar-refractivity contribution in [3.63, 3.8) is 0 Å². The van der Waals surface area contributed by atoms with Crippen LogP contribution in [-0.4, -0.2) is 27.2 Å². The smallest absolute Gasteiger partial charge is 0.383 e. The monoisotopic (exact) mass is 262 g/mol. The zero-order valence-corrected chi connectivity index (χ0v) is 10.0. The number of aliphatic hydroxyl groups is 1. The number of aromatic nitrogens is 2. The Morgan fingerprint density at radius 2 is 2.00 bits per heavy atom. The molecule has 1 fully saturated rings. The van der Waals surface area contributed by atoms with E-state index in [2.05, 4.69) is 5.10 Å². The second kappa shape index (κ2) is 5.30. The number of rotatable bonds is 3. The highest BCUT2D eigenvalue weighted by atomic mass is 19.4. The van der Waals surface area contributed by atoms with Crippen molar-refractivity contribution in [1.29, 1.82) is 0 Å². The highest BCUT2D eigenvalue weighted by Gasteiger charge is 2.38. The largest absolute Gasteiger partial charge is 0.414 e. The molecule has 0 saturated heterocycles. The molecule has 1 aromatic rings. The van der Waals surface area contributed by atoms with E-state index in [0.29, 0.717) is 11.7 Å². The van der Waals surface area contributed by atoms with Crippen LogP contribution in [-0.2, 0) is 6.42 Å². The molecule has 6 heteroatoms. The summed E-state index contributed by atoms with van der Waals surface area (Å²) < 4.78 is 38.4. The third kappa shape index (κ3) is 3.25. The average Bonchev–Trinajstić information content (AvgIpc) is 2.77. The maximum absolute atomic E-state index is 12.2. The van der Waals surface area contributed by atoms with Gasteiger partial charge in [-0.05, 0) is 18.9 Å². The van der Waals surface area contributed by atoms with Crippen molar-refractivity contribution >= 4 is 0 Å².